The van der Waals surface area contributed by atoms with E-state index in [9.17, 15) is 4.39 Å². The molecule has 100 valence electrons. The minimum absolute atomic E-state index is 0.0741. The Morgan fingerprint density at radius 2 is 2.37 bits per heavy atom. The predicted molar refractivity (Wildman–Crippen MR) is 69.4 cm³/mol. The summed E-state index contributed by atoms with van der Waals surface area (Å²) in [5.41, 5.74) is 2.08. The zero-order valence-electron chi connectivity index (χ0n) is 10.8. The lowest BCUT2D eigenvalue weighted by atomic mass is 10.1. The van der Waals surface area contributed by atoms with E-state index in [1.54, 1.807) is 18.3 Å². The Bertz CT molecular complexity index is 582. The molecule has 4 nitrogen and oxygen atoms in total. The number of aromatic nitrogens is 2. The lowest BCUT2D eigenvalue weighted by Crippen LogP contribution is -2.30. The molecule has 0 saturated heterocycles. The summed E-state index contributed by atoms with van der Waals surface area (Å²) < 4.78 is 20.7. The molecule has 19 heavy (non-hydrogen) atoms. The fourth-order valence-electron chi connectivity index (χ4n) is 2.34. The number of hydrogen-bond donors (Lipinski definition) is 1. The molecule has 2 aromatic rings. The first-order valence-electron chi connectivity index (χ1n) is 6.35. The van der Waals surface area contributed by atoms with Crippen molar-refractivity contribution in [3.8, 4) is 5.75 Å². The molecule has 0 radical (unpaired) electrons. The summed E-state index contributed by atoms with van der Waals surface area (Å²) in [6.45, 7) is 1.49. The Labute approximate surface area is 111 Å². The van der Waals surface area contributed by atoms with Gasteiger partial charge in [-0.25, -0.2) is 4.39 Å². The van der Waals surface area contributed by atoms with Gasteiger partial charge in [0.1, 0.15) is 17.7 Å². The second-order valence-electron chi connectivity index (χ2n) is 4.77. The van der Waals surface area contributed by atoms with Gasteiger partial charge in [0, 0.05) is 38.3 Å². The highest BCUT2D eigenvalue weighted by Gasteiger charge is 2.22. The van der Waals surface area contributed by atoms with E-state index in [1.807, 2.05) is 17.8 Å². The summed E-state index contributed by atoms with van der Waals surface area (Å²) in [5.74, 6) is 0.597. The molecular weight excluding hydrogens is 245 g/mol. The van der Waals surface area contributed by atoms with Gasteiger partial charge in [-0.05, 0) is 24.3 Å². The molecule has 0 saturated carbocycles. The van der Waals surface area contributed by atoms with Crippen molar-refractivity contribution in [2.45, 2.75) is 19.1 Å². The summed E-state index contributed by atoms with van der Waals surface area (Å²) in [4.78, 5) is 0. The molecule has 1 N–H and O–H groups in total. The third kappa shape index (κ3) is 2.61. The highest BCUT2D eigenvalue weighted by atomic mass is 19.1. The Hall–Kier alpha value is -1.88. The Morgan fingerprint density at radius 3 is 3.16 bits per heavy atom. The molecule has 2 heterocycles. The summed E-state index contributed by atoms with van der Waals surface area (Å²) in [6, 6.07) is 6.67. The van der Waals surface area contributed by atoms with Crippen LogP contribution in [0, 0.1) is 5.82 Å². The van der Waals surface area contributed by atoms with Gasteiger partial charge < -0.3 is 10.1 Å². The fourth-order valence-corrected chi connectivity index (χ4v) is 2.34. The van der Waals surface area contributed by atoms with Crippen LogP contribution < -0.4 is 10.1 Å². The van der Waals surface area contributed by atoms with Crippen LogP contribution in [0.5, 0.6) is 5.75 Å². The summed E-state index contributed by atoms with van der Waals surface area (Å²) in [7, 11) is 1.92. The first-order valence-corrected chi connectivity index (χ1v) is 6.35. The first kappa shape index (κ1) is 12.2. The standard InChI is InChI=1S/C14H16FN3O/c1-18-12(4-5-17-18)8-16-9-13-7-10-6-11(15)2-3-14(10)19-13/h2-6,13,16H,7-9H2,1H3. The average Bonchev–Trinajstić information content (AvgIpc) is 2.95. The van der Waals surface area contributed by atoms with Crippen molar-refractivity contribution in [2.24, 2.45) is 7.05 Å². The number of nitrogens with one attached hydrogen (secondary N) is 1. The van der Waals surface area contributed by atoms with E-state index in [0.717, 1.165) is 36.5 Å². The Kier molecular flexibility index (Phi) is 3.21. The number of aryl methyl sites for hydroxylation is 1. The molecule has 0 aliphatic carbocycles. The molecular formula is C14H16FN3O. The van der Waals surface area contributed by atoms with E-state index in [0.29, 0.717) is 0 Å². The highest BCUT2D eigenvalue weighted by molar-refractivity contribution is 5.37. The van der Waals surface area contributed by atoms with E-state index in [2.05, 4.69) is 10.4 Å². The smallest absolute Gasteiger partial charge is 0.123 e. The van der Waals surface area contributed by atoms with Crippen molar-refractivity contribution in [3.63, 3.8) is 0 Å². The number of fused-ring (bicyclic) bond motifs is 1. The van der Waals surface area contributed by atoms with Crippen molar-refractivity contribution in [1.29, 1.82) is 0 Å². The normalized spacial score (nSPS) is 17.3. The quantitative estimate of drug-likeness (QED) is 0.909. The molecule has 1 aliphatic rings. The minimum atomic E-state index is -0.203. The van der Waals surface area contributed by atoms with Crippen LogP contribution in [0.2, 0.25) is 0 Å². The lowest BCUT2D eigenvalue weighted by molar-refractivity contribution is 0.227. The van der Waals surface area contributed by atoms with Gasteiger partial charge in [0.15, 0.2) is 0 Å². The molecule has 3 rings (SSSR count). The van der Waals surface area contributed by atoms with Crippen molar-refractivity contribution in [1.82, 2.24) is 15.1 Å². The van der Waals surface area contributed by atoms with E-state index in [4.69, 9.17) is 4.74 Å². The summed E-state index contributed by atoms with van der Waals surface area (Å²) >= 11 is 0. The Balaban J connectivity index is 1.52. The molecule has 1 aliphatic heterocycles. The maximum absolute atomic E-state index is 13.1. The molecule has 0 amide bonds. The van der Waals surface area contributed by atoms with Crippen LogP contribution in [0.4, 0.5) is 4.39 Å². The average molecular weight is 261 g/mol. The number of nitrogens with zero attached hydrogens (tertiary/aromatic N) is 2. The van der Waals surface area contributed by atoms with Crippen LogP contribution in [-0.2, 0) is 20.0 Å². The number of halogens is 1. The molecule has 1 atom stereocenters. The topological polar surface area (TPSA) is 39.1 Å². The first-order chi connectivity index (χ1) is 9.22. The monoisotopic (exact) mass is 261 g/mol. The SMILES string of the molecule is Cn1nccc1CNCC1Cc2cc(F)ccc2O1. The molecule has 5 heteroatoms. The fraction of sp³-hybridized carbons (Fsp3) is 0.357. The third-order valence-corrected chi connectivity index (χ3v) is 3.36. The van der Waals surface area contributed by atoms with Gasteiger partial charge in [-0.15, -0.1) is 0 Å². The third-order valence-electron chi connectivity index (χ3n) is 3.36. The van der Waals surface area contributed by atoms with E-state index >= 15 is 0 Å². The maximum atomic E-state index is 13.1. The summed E-state index contributed by atoms with van der Waals surface area (Å²) in [6.07, 6.45) is 2.61. The van der Waals surface area contributed by atoms with E-state index < -0.39 is 0 Å². The highest BCUT2D eigenvalue weighted by Crippen LogP contribution is 2.28. The maximum Gasteiger partial charge on any atom is 0.123 e. The second-order valence-corrected chi connectivity index (χ2v) is 4.77. The zero-order chi connectivity index (χ0) is 13.2. The number of rotatable bonds is 4. The molecule has 0 bridgehead atoms. The van der Waals surface area contributed by atoms with Crippen LogP contribution in [0.1, 0.15) is 11.3 Å². The Morgan fingerprint density at radius 1 is 1.47 bits per heavy atom. The second kappa shape index (κ2) is 5.01. The van der Waals surface area contributed by atoms with Crippen molar-refractivity contribution < 1.29 is 9.13 Å². The molecule has 1 aromatic heterocycles. The minimum Gasteiger partial charge on any atom is -0.488 e. The van der Waals surface area contributed by atoms with Gasteiger partial charge >= 0.3 is 0 Å². The summed E-state index contributed by atoms with van der Waals surface area (Å²) in [5, 5.41) is 7.45. The van der Waals surface area contributed by atoms with Gasteiger partial charge in [-0.3, -0.25) is 4.68 Å². The molecule has 0 fully saturated rings. The van der Waals surface area contributed by atoms with Gasteiger partial charge in [0.25, 0.3) is 0 Å². The molecule has 0 spiro atoms. The van der Waals surface area contributed by atoms with Gasteiger partial charge in [0.2, 0.25) is 0 Å². The number of ether oxygens (including phenoxy) is 1. The van der Waals surface area contributed by atoms with Gasteiger partial charge in [-0.1, -0.05) is 0 Å². The van der Waals surface area contributed by atoms with E-state index in [1.165, 1.54) is 6.07 Å². The van der Waals surface area contributed by atoms with Crippen molar-refractivity contribution in [2.75, 3.05) is 6.54 Å². The van der Waals surface area contributed by atoms with Gasteiger partial charge in [-0.2, -0.15) is 5.10 Å². The van der Waals surface area contributed by atoms with Gasteiger partial charge in [0.05, 0.1) is 5.69 Å². The van der Waals surface area contributed by atoms with Crippen molar-refractivity contribution >= 4 is 0 Å². The van der Waals surface area contributed by atoms with Crippen LogP contribution in [0.15, 0.2) is 30.5 Å². The number of benzene rings is 1. The van der Waals surface area contributed by atoms with Crippen LogP contribution in [-0.4, -0.2) is 22.4 Å². The molecule has 1 aromatic carbocycles. The largest absolute Gasteiger partial charge is 0.488 e. The van der Waals surface area contributed by atoms with Crippen LogP contribution >= 0.6 is 0 Å². The van der Waals surface area contributed by atoms with Crippen molar-refractivity contribution in [3.05, 3.63) is 47.5 Å². The predicted octanol–water partition coefficient (Wildman–Crippen LogP) is 1.65. The zero-order valence-corrected chi connectivity index (χ0v) is 10.8. The molecule has 1 unspecified atom stereocenters. The number of hydrogen-bond acceptors (Lipinski definition) is 3. The van der Waals surface area contributed by atoms with Crippen LogP contribution in [0.3, 0.4) is 0 Å². The lowest BCUT2D eigenvalue weighted by Gasteiger charge is -2.11. The van der Waals surface area contributed by atoms with E-state index in [-0.39, 0.29) is 11.9 Å². The van der Waals surface area contributed by atoms with Crippen LogP contribution in [0.25, 0.3) is 0 Å².